The summed E-state index contributed by atoms with van der Waals surface area (Å²) in [6.45, 7) is 0. The maximum absolute atomic E-state index is 12.0. The summed E-state index contributed by atoms with van der Waals surface area (Å²) in [7, 11) is 0. The minimum atomic E-state index is -0.383. The molecule has 1 aliphatic rings. The van der Waals surface area contributed by atoms with Gasteiger partial charge in [0.25, 0.3) is 0 Å². The van der Waals surface area contributed by atoms with Gasteiger partial charge in [0.05, 0.1) is 0 Å². The molecule has 0 heterocycles. The zero-order valence-electron chi connectivity index (χ0n) is 11.0. The first-order valence-corrected chi connectivity index (χ1v) is 6.70. The fourth-order valence-corrected chi connectivity index (χ4v) is 2.51. The highest BCUT2D eigenvalue weighted by Gasteiger charge is 2.32. The van der Waals surface area contributed by atoms with E-state index in [9.17, 15) is 9.59 Å². The second-order valence-electron chi connectivity index (χ2n) is 4.85. The summed E-state index contributed by atoms with van der Waals surface area (Å²) in [5.74, 6) is -0.758. The van der Waals surface area contributed by atoms with Crippen LogP contribution in [0.4, 0.5) is 0 Å². The van der Waals surface area contributed by atoms with E-state index < -0.39 is 0 Å². The molecule has 0 unspecified atom stereocenters. The Labute approximate surface area is 117 Å². The molecule has 0 atom stereocenters. The third kappa shape index (κ3) is 2.21. The molecule has 0 N–H and O–H groups in total. The van der Waals surface area contributed by atoms with Crippen molar-refractivity contribution in [2.75, 3.05) is 0 Å². The normalized spacial score (nSPS) is 15.7. The van der Waals surface area contributed by atoms with E-state index in [0.29, 0.717) is 11.1 Å². The van der Waals surface area contributed by atoms with Crippen LogP contribution in [0.3, 0.4) is 0 Å². The second-order valence-corrected chi connectivity index (χ2v) is 4.85. The number of carbonyl (C=O) groups excluding carboxylic acids is 2. The zero-order chi connectivity index (χ0) is 13.9. The number of benzene rings is 2. The predicted molar refractivity (Wildman–Crippen MR) is 78.5 cm³/mol. The van der Waals surface area contributed by atoms with Gasteiger partial charge in [0, 0.05) is 11.1 Å². The van der Waals surface area contributed by atoms with E-state index in [1.165, 1.54) is 5.56 Å². The Morgan fingerprint density at radius 3 is 2.15 bits per heavy atom. The third-order valence-corrected chi connectivity index (χ3v) is 3.54. The van der Waals surface area contributed by atoms with Crippen LogP contribution in [0.5, 0.6) is 0 Å². The molecule has 2 heteroatoms. The number of fused-ring (bicyclic) bond motifs is 1. The maximum atomic E-state index is 12.0. The van der Waals surface area contributed by atoms with Crippen LogP contribution in [0.1, 0.15) is 27.9 Å². The SMILES string of the molecule is O=C1C(=O)c2ccccc2C1=CCCc1ccccc1. The highest BCUT2D eigenvalue weighted by molar-refractivity contribution is 6.63. The van der Waals surface area contributed by atoms with Crippen LogP contribution in [-0.4, -0.2) is 11.6 Å². The lowest BCUT2D eigenvalue weighted by Gasteiger charge is -2.00. The first kappa shape index (κ1) is 12.5. The topological polar surface area (TPSA) is 34.1 Å². The molecular formula is C18H14O2. The smallest absolute Gasteiger partial charge is 0.234 e. The number of allylic oxidation sites excluding steroid dienone is 2. The highest BCUT2D eigenvalue weighted by atomic mass is 16.2. The van der Waals surface area contributed by atoms with Crippen LogP contribution in [0, 0.1) is 0 Å². The van der Waals surface area contributed by atoms with Crippen LogP contribution in [0.25, 0.3) is 5.57 Å². The van der Waals surface area contributed by atoms with E-state index in [2.05, 4.69) is 12.1 Å². The Kier molecular flexibility index (Phi) is 3.30. The van der Waals surface area contributed by atoms with Gasteiger partial charge < -0.3 is 0 Å². The van der Waals surface area contributed by atoms with Crippen molar-refractivity contribution in [2.45, 2.75) is 12.8 Å². The first-order chi connectivity index (χ1) is 9.77. The fourth-order valence-electron chi connectivity index (χ4n) is 2.51. The van der Waals surface area contributed by atoms with Gasteiger partial charge >= 0.3 is 0 Å². The number of carbonyl (C=O) groups is 2. The van der Waals surface area contributed by atoms with E-state index in [-0.39, 0.29) is 11.6 Å². The second kappa shape index (κ2) is 5.25. The van der Waals surface area contributed by atoms with Crippen LogP contribution in [0.2, 0.25) is 0 Å². The standard InChI is InChI=1S/C18H14O2/c19-17-15-11-5-4-10-14(15)16(18(17)20)12-6-9-13-7-2-1-3-8-13/h1-5,7-8,10-12H,6,9H2. The molecule has 0 bridgehead atoms. The lowest BCUT2D eigenvalue weighted by atomic mass is 10.0. The van der Waals surface area contributed by atoms with Gasteiger partial charge in [-0.2, -0.15) is 0 Å². The Hall–Kier alpha value is -2.48. The summed E-state index contributed by atoms with van der Waals surface area (Å²) in [6.07, 6.45) is 3.51. The van der Waals surface area contributed by atoms with Gasteiger partial charge in [-0.15, -0.1) is 0 Å². The molecule has 2 aromatic carbocycles. The Balaban J connectivity index is 1.82. The quantitative estimate of drug-likeness (QED) is 0.627. The number of ketones is 2. The van der Waals surface area contributed by atoms with Crippen molar-refractivity contribution in [2.24, 2.45) is 0 Å². The van der Waals surface area contributed by atoms with E-state index in [0.717, 1.165) is 18.4 Å². The molecule has 0 aliphatic heterocycles. The Morgan fingerprint density at radius 1 is 0.750 bits per heavy atom. The lowest BCUT2D eigenvalue weighted by Crippen LogP contribution is -2.05. The molecular weight excluding hydrogens is 248 g/mol. The number of Topliss-reactive ketones (excluding diaryl/α,β-unsaturated/α-hetero) is 2. The molecule has 3 rings (SSSR count). The summed E-state index contributed by atoms with van der Waals surface area (Å²) in [5.41, 5.74) is 3.09. The van der Waals surface area contributed by atoms with Crippen LogP contribution >= 0.6 is 0 Å². The van der Waals surface area contributed by atoms with E-state index in [1.54, 1.807) is 12.1 Å². The largest absolute Gasteiger partial charge is 0.285 e. The van der Waals surface area contributed by atoms with Crippen molar-refractivity contribution < 1.29 is 9.59 Å². The van der Waals surface area contributed by atoms with Gasteiger partial charge in [0.15, 0.2) is 0 Å². The van der Waals surface area contributed by atoms with Gasteiger partial charge in [-0.25, -0.2) is 0 Å². The number of rotatable bonds is 3. The van der Waals surface area contributed by atoms with E-state index in [4.69, 9.17) is 0 Å². The summed E-state index contributed by atoms with van der Waals surface area (Å²) in [6, 6.07) is 17.3. The number of aryl methyl sites for hydroxylation is 1. The first-order valence-electron chi connectivity index (χ1n) is 6.70. The Bertz CT molecular complexity index is 696. The number of hydrogen-bond acceptors (Lipinski definition) is 2. The fraction of sp³-hybridized carbons (Fsp3) is 0.111. The molecule has 98 valence electrons. The third-order valence-electron chi connectivity index (χ3n) is 3.54. The van der Waals surface area contributed by atoms with Crippen molar-refractivity contribution in [1.82, 2.24) is 0 Å². The van der Waals surface area contributed by atoms with Gasteiger partial charge in [-0.05, 0) is 24.0 Å². The molecule has 0 spiro atoms. The molecule has 0 aromatic heterocycles. The highest BCUT2D eigenvalue weighted by Crippen LogP contribution is 2.29. The molecule has 2 aromatic rings. The maximum Gasteiger partial charge on any atom is 0.234 e. The molecule has 0 fully saturated rings. The Morgan fingerprint density at radius 2 is 1.40 bits per heavy atom. The zero-order valence-corrected chi connectivity index (χ0v) is 11.0. The average Bonchev–Trinajstić information content (AvgIpc) is 2.74. The van der Waals surface area contributed by atoms with Gasteiger partial charge in [-0.3, -0.25) is 9.59 Å². The molecule has 0 saturated carbocycles. The van der Waals surface area contributed by atoms with Crippen LogP contribution in [-0.2, 0) is 11.2 Å². The van der Waals surface area contributed by atoms with Crippen molar-refractivity contribution in [3.8, 4) is 0 Å². The average molecular weight is 262 g/mol. The van der Waals surface area contributed by atoms with Crippen molar-refractivity contribution in [3.63, 3.8) is 0 Å². The summed E-state index contributed by atoms with van der Waals surface area (Å²) >= 11 is 0. The summed E-state index contributed by atoms with van der Waals surface area (Å²) in [5, 5.41) is 0. The minimum Gasteiger partial charge on any atom is -0.285 e. The molecule has 0 saturated heterocycles. The van der Waals surface area contributed by atoms with E-state index >= 15 is 0 Å². The van der Waals surface area contributed by atoms with Gasteiger partial charge in [0.2, 0.25) is 11.6 Å². The summed E-state index contributed by atoms with van der Waals surface area (Å²) < 4.78 is 0. The van der Waals surface area contributed by atoms with Crippen molar-refractivity contribution in [1.29, 1.82) is 0 Å². The molecule has 2 nitrogen and oxygen atoms in total. The number of hydrogen-bond donors (Lipinski definition) is 0. The van der Waals surface area contributed by atoms with Crippen LogP contribution in [0.15, 0.2) is 60.7 Å². The molecule has 0 radical (unpaired) electrons. The predicted octanol–water partition coefficient (Wildman–Crippen LogP) is 3.47. The van der Waals surface area contributed by atoms with E-state index in [1.807, 2.05) is 36.4 Å². The summed E-state index contributed by atoms with van der Waals surface area (Å²) in [4.78, 5) is 23.8. The van der Waals surface area contributed by atoms with Crippen molar-refractivity contribution in [3.05, 3.63) is 77.4 Å². The lowest BCUT2D eigenvalue weighted by molar-refractivity contribution is -0.109. The minimum absolute atomic E-state index is 0.376. The van der Waals surface area contributed by atoms with Gasteiger partial charge in [0.1, 0.15) is 0 Å². The van der Waals surface area contributed by atoms with Gasteiger partial charge in [-0.1, -0.05) is 60.7 Å². The molecule has 1 aliphatic carbocycles. The van der Waals surface area contributed by atoms with Crippen molar-refractivity contribution >= 4 is 17.1 Å². The monoisotopic (exact) mass is 262 g/mol. The van der Waals surface area contributed by atoms with Crippen LogP contribution < -0.4 is 0 Å². The molecule has 0 amide bonds. The molecule has 20 heavy (non-hydrogen) atoms.